The van der Waals surface area contributed by atoms with E-state index in [9.17, 15) is 13.2 Å². The van der Waals surface area contributed by atoms with Crippen LogP contribution in [-0.2, 0) is 6.18 Å². The Morgan fingerprint density at radius 3 is 2.73 bits per heavy atom. The van der Waals surface area contributed by atoms with Gasteiger partial charge < -0.3 is 0 Å². The molecule has 0 aliphatic carbocycles. The van der Waals surface area contributed by atoms with E-state index in [0.717, 1.165) is 18.3 Å². The molecular formula is C10H7ClF3N. The van der Waals surface area contributed by atoms with Crippen molar-refractivity contribution >= 4 is 11.6 Å². The van der Waals surface area contributed by atoms with Crippen molar-refractivity contribution in [2.45, 2.75) is 12.6 Å². The fourth-order valence-electron chi connectivity index (χ4n) is 0.876. The number of pyridine rings is 1. The van der Waals surface area contributed by atoms with Crippen molar-refractivity contribution in [1.29, 1.82) is 0 Å². The zero-order valence-corrected chi connectivity index (χ0v) is 8.36. The van der Waals surface area contributed by atoms with Crippen LogP contribution in [0.1, 0.15) is 17.7 Å². The van der Waals surface area contributed by atoms with Gasteiger partial charge in [0.15, 0.2) is 0 Å². The van der Waals surface area contributed by atoms with E-state index < -0.39 is 11.7 Å². The fraction of sp³-hybridized carbons (Fsp3) is 0.300. The van der Waals surface area contributed by atoms with Crippen LogP contribution < -0.4 is 0 Å². The molecular weight excluding hydrogens is 227 g/mol. The van der Waals surface area contributed by atoms with Crippen molar-refractivity contribution in [1.82, 2.24) is 4.98 Å². The first-order valence-electron chi connectivity index (χ1n) is 4.12. The number of alkyl halides is 4. The molecule has 5 heteroatoms. The Kier molecular flexibility index (Phi) is 3.98. The molecule has 0 atom stereocenters. The van der Waals surface area contributed by atoms with Crippen molar-refractivity contribution < 1.29 is 13.2 Å². The molecule has 1 aromatic rings. The molecule has 0 unspecified atom stereocenters. The first kappa shape index (κ1) is 11.9. The number of halogens is 4. The molecule has 0 aromatic carbocycles. The minimum absolute atomic E-state index is 0.106. The van der Waals surface area contributed by atoms with Gasteiger partial charge >= 0.3 is 6.18 Å². The SMILES string of the molecule is FC(F)(F)c1ccnc(C#CCCCl)c1. The number of hydrogen-bond donors (Lipinski definition) is 0. The van der Waals surface area contributed by atoms with E-state index in [1.807, 2.05) is 0 Å². The summed E-state index contributed by atoms with van der Waals surface area (Å²) in [5.74, 6) is 5.48. The van der Waals surface area contributed by atoms with Crippen molar-refractivity contribution in [3.63, 3.8) is 0 Å². The maximum absolute atomic E-state index is 12.3. The lowest BCUT2D eigenvalue weighted by Crippen LogP contribution is -2.05. The van der Waals surface area contributed by atoms with Crippen LogP contribution >= 0.6 is 11.6 Å². The molecule has 1 aromatic heterocycles. The molecule has 0 saturated carbocycles. The monoisotopic (exact) mass is 233 g/mol. The van der Waals surface area contributed by atoms with Crippen molar-refractivity contribution in [2.75, 3.05) is 5.88 Å². The van der Waals surface area contributed by atoms with Crippen LogP contribution in [0.2, 0.25) is 0 Å². The molecule has 0 spiro atoms. The molecule has 1 rings (SSSR count). The highest BCUT2D eigenvalue weighted by Gasteiger charge is 2.30. The van der Waals surface area contributed by atoms with Crippen LogP contribution in [0.25, 0.3) is 0 Å². The topological polar surface area (TPSA) is 12.9 Å². The molecule has 0 aliphatic rings. The van der Waals surface area contributed by atoms with Gasteiger partial charge in [-0.1, -0.05) is 5.92 Å². The van der Waals surface area contributed by atoms with Crippen LogP contribution in [0.4, 0.5) is 13.2 Å². The standard InChI is InChI=1S/C10H7ClF3N/c11-5-2-1-3-9-7-8(4-6-15-9)10(12,13)14/h4,6-7H,2,5H2. The Morgan fingerprint density at radius 1 is 1.40 bits per heavy atom. The molecule has 0 radical (unpaired) electrons. The maximum atomic E-state index is 12.3. The van der Waals surface area contributed by atoms with Crippen LogP contribution in [-0.4, -0.2) is 10.9 Å². The second-order valence-corrected chi connectivity index (χ2v) is 3.05. The summed E-state index contributed by atoms with van der Waals surface area (Å²) in [6.45, 7) is 0. The van der Waals surface area contributed by atoms with Crippen molar-refractivity contribution in [3.05, 3.63) is 29.6 Å². The van der Waals surface area contributed by atoms with Crippen LogP contribution in [0.15, 0.2) is 18.3 Å². The van der Waals surface area contributed by atoms with Gasteiger partial charge in [0, 0.05) is 18.5 Å². The lowest BCUT2D eigenvalue weighted by atomic mass is 10.2. The molecule has 0 aliphatic heterocycles. The van der Waals surface area contributed by atoms with Crippen molar-refractivity contribution in [3.8, 4) is 11.8 Å². The highest BCUT2D eigenvalue weighted by atomic mass is 35.5. The largest absolute Gasteiger partial charge is 0.416 e. The van der Waals surface area contributed by atoms with Gasteiger partial charge in [-0.05, 0) is 18.1 Å². The molecule has 0 fully saturated rings. The van der Waals surface area contributed by atoms with Crippen LogP contribution in [0, 0.1) is 11.8 Å². The number of aromatic nitrogens is 1. The molecule has 0 N–H and O–H groups in total. The summed E-state index contributed by atoms with van der Waals surface area (Å²) in [6, 6.07) is 1.83. The average molecular weight is 234 g/mol. The fourth-order valence-corrected chi connectivity index (χ4v) is 0.970. The molecule has 0 saturated heterocycles. The predicted octanol–water partition coefficient (Wildman–Crippen LogP) is 3.08. The Hall–Kier alpha value is -1.21. The number of hydrogen-bond acceptors (Lipinski definition) is 1. The normalized spacial score (nSPS) is 10.7. The van der Waals surface area contributed by atoms with E-state index in [-0.39, 0.29) is 5.69 Å². The van der Waals surface area contributed by atoms with Gasteiger partial charge in [-0.25, -0.2) is 4.98 Å². The third-order valence-corrected chi connectivity index (χ3v) is 1.71. The Morgan fingerprint density at radius 2 is 2.13 bits per heavy atom. The van der Waals surface area contributed by atoms with E-state index in [1.54, 1.807) is 0 Å². The molecule has 0 bridgehead atoms. The minimum atomic E-state index is -4.36. The summed E-state index contributed by atoms with van der Waals surface area (Å²) in [5, 5.41) is 0. The van der Waals surface area contributed by atoms with Gasteiger partial charge in [-0.2, -0.15) is 13.2 Å². The first-order valence-corrected chi connectivity index (χ1v) is 4.65. The van der Waals surface area contributed by atoms with E-state index in [0.29, 0.717) is 12.3 Å². The van der Waals surface area contributed by atoms with E-state index >= 15 is 0 Å². The Labute approximate surface area is 90.3 Å². The molecule has 15 heavy (non-hydrogen) atoms. The average Bonchev–Trinajstić information content (AvgIpc) is 2.17. The molecule has 0 amide bonds. The second-order valence-electron chi connectivity index (χ2n) is 2.67. The third kappa shape index (κ3) is 3.80. The third-order valence-electron chi connectivity index (χ3n) is 1.52. The van der Waals surface area contributed by atoms with Crippen LogP contribution in [0.3, 0.4) is 0 Å². The Bertz CT molecular complexity index is 390. The zero-order chi connectivity index (χ0) is 11.3. The maximum Gasteiger partial charge on any atom is 0.416 e. The lowest BCUT2D eigenvalue weighted by Gasteiger charge is -2.05. The van der Waals surface area contributed by atoms with Crippen molar-refractivity contribution in [2.24, 2.45) is 0 Å². The lowest BCUT2D eigenvalue weighted by molar-refractivity contribution is -0.137. The van der Waals surface area contributed by atoms with Gasteiger partial charge in [0.1, 0.15) is 5.69 Å². The van der Waals surface area contributed by atoms with Gasteiger partial charge in [0.2, 0.25) is 0 Å². The smallest absolute Gasteiger partial charge is 0.248 e. The van der Waals surface area contributed by atoms with Gasteiger partial charge in [-0.3, -0.25) is 0 Å². The minimum Gasteiger partial charge on any atom is -0.248 e. The predicted molar refractivity (Wildman–Crippen MR) is 51.5 cm³/mol. The van der Waals surface area contributed by atoms with Gasteiger partial charge in [0.05, 0.1) is 5.56 Å². The molecule has 1 nitrogen and oxygen atoms in total. The molecule has 80 valence electrons. The van der Waals surface area contributed by atoms with Gasteiger partial charge in [0.25, 0.3) is 0 Å². The summed E-state index contributed by atoms with van der Waals surface area (Å²) in [7, 11) is 0. The quantitative estimate of drug-likeness (QED) is 0.537. The summed E-state index contributed by atoms with van der Waals surface area (Å²) >= 11 is 5.37. The molecule has 1 heterocycles. The summed E-state index contributed by atoms with van der Waals surface area (Å²) in [4.78, 5) is 3.71. The number of rotatable bonds is 1. The van der Waals surface area contributed by atoms with E-state index in [2.05, 4.69) is 16.8 Å². The summed E-state index contributed by atoms with van der Waals surface area (Å²) in [6.07, 6.45) is -2.83. The van der Waals surface area contributed by atoms with E-state index in [1.165, 1.54) is 0 Å². The highest BCUT2D eigenvalue weighted by molar-refractivity contribution is 6.18. The van der Waals surface area contributed by atoms with Gasteiger partial charge in [-0.15, -0.1) is 11.6 Å². The van der Waals surface area contributed by atoms with E-state index in [4.69, 9.17) is 11.6 Å². The second kappa shape index (κ2) is 5.04. The zero-order valence-electron chi connectivity index (χ0n) is 7.61. The van der Waals surface area contributed by atoms with Crippen LogP contribution in [0.5, 0.6) is 0 Å². The Balaban J connectivity index is 2.90. The number of nitrogens with zero attached hydrogens (tertiary/aromatic N) is 1. The highest BCUT2D eigenvalue weighted by Crippen LogP contribution is 2.28. The first-order chi connectivity index (χ1) is 7.04. The summed E-state index contributed by atoms with van der Waals surface area (Å²) in [5.41, 5.74) is -0.636. The summed E-state index contributed by atoms with van der Waals surface area (Å²) < 4.78 is 36.8.